The van der Waals surface area contributed by atoms with Crippen LogP contribution in [0.2, 0.25) is 0 Å². The van der Waals surface area contributed by atoms with E-state index in [4.69, 9.17) is 0 Å². The first-order valence-corrected chi connectivity index (χ1v) is 9.72. The monoisotopic (exact) mass is 381 g/mol. The molecule has 0 spiro atoms. The molecule has 0 fully saturated rings. The molecule has 1 atom stereocenters. The molecule has 2 aromatic carbocycles. The smallest absolute Gasteiger partial charge is 0.252 e. The first-order chi connectivity index (χ1) is 12.9. The molecule has 2 N–H and O–H groups in total. The van der Waals surface area contributed by atoms with Crippen molar-refractivity contribution in [1.82, 2.24) is 10.3 Å². The van der Waals surface area contributed by atoms with Gasteiger partial charge in [0.2, 0.25) is 5.91 Å². The summed E-state index contributed by atoms with van der Waals surface area (Å²) in [6, 6.07) is 12.6. The third-order valence-electron chi connectivity index (χ3n) is 4.48. The SMILES string of the molecule is Cc1ccccc1C(=O)N[C@H](C(=O)Nc1nc2c(C)cccc2s1)C(C)C. The maximum atomic E-state index is 12.8. The van der Waals surface area contributed by atoms with Crippen LogP contribution in [0.3, 0.4) is 0 Å². The molecule has 0 unspecified atom stereocenters. The molecule has 3 aromatic rings. The molecule has 0 aliphatic heterocycles. The molecule has 5 nitrogen and oxygen atoms in total. The third kappa shape index (κ3) is 4.17. The van der Waals surface area contributed by atoms with E-state index < -0.39 is 6.04 Å². The number of para-hydroxylation sites is 1. The van der Waals surface area contributed by atoms with E-state index in [1.807, 2.05) is 64.1 Å². The molecule has 0 saturated carbocycles. The van der Waals surface area contributed by atoms with Crippen molar-refractivity contribution in [3.63, 3.8) is 0 Å². The zero-order chi connectivity index (χ0) is 19.6. The summed E-state index contributed by atoms with van der Waals surface area (Å²) in [7, 11) is 0. The van der Waals surface area contributed by atoms with Crippen LogP contribution in [0.1, 0.15) is 35.3 Å². The van der Waals surface area contributed by atoms with Gasteiger partial charge < -0.3 is 10.6 Å². The van der Waals surface area contributed by atoms with Crippen LogP contribution in [-0.4, -0.2) is 22.8 Å². The van der Waals surface area contributed by atoms with Gasteiger partial charge in [-0.2, -0.15) is 0 Å². The molecule has 3 rings (SSSR count). The third-order valence-corrected chi connectivity index (χ3v) is 5.41. The predicted molar refractivity (Wildman–Crippen MR) is 110 cm³/mol. The fourth-order valence-corrected chi connectivity index (χ4v) is 3.85. The summed E-state index contributed by atoms with van der Waals surface area (Å²) in [4.78, 5) is 29.9. The lowest BCUT2D eigenvalue weighted by Crippen LogP contribution is -2.47. The first kappa shape index (κ1) is 19.0. The van der Waals surface area contributed by atoms with Gasteiger partial charge in [0.1, 0.15) is 6.04 Å². The normalized spacial score (nSPS) is 12.2. The van der Waals surface area contributed by atoms with Gasteiger partial charge in [0.25, 0.3) is 5.91 Å². The molecule has 0 radical (unpaired) electrons. The van der Waals surface area contributed by atoms with Gasteiger partial charge >= 0.3 is 0 Å². The quantitative estimate of drug-likeness (QED) is 0.692. The van der Waals surface area contributed by atoms with Gasteiger partial charge in [0.05, 0.1) is 10.2 Å². The Morgan fingerprint density at radius 1 is 1.00 bits per heavy atom. The number of hydrogen-bond donors (Lipinski definition) is 2. The molecule has 0 saturated heterocycles. The maximum absolute atomic E-state index is 12.8. The second kappa shape index (κ2) is 7.88. The number of thiazole rings is 1. The molecule has 6 heteroatoms. The van der Waals surface area contributed by atoms with Gasteiger partial charge in [0, 0.05) is 5.56 Å². The zero-order valence-electron chi connectivity index (χ0n) is 15.9. The van der Waals surface area contributed by atoms with E-state index in [1.54, 1.807) is 6.07 Å². The van der Waals surface area contributed by atoms with Crippen LogP contribution in [0.5, 0.6) is 0 Å². The van der Waals surface area contributed by atoms with E-state index in [-0.39, 0.29) is 17.7 Å². The van der Waals surface area contributed by atoms with Gasteiger partial charge in [0.15, 0.2) is 5.13 Å². The second-order valence-electron chi connectivity index (χ2n) is 6.94. The Kier molecular flexibility index (Phi) is 5.56. The Balaban J connectivity index is 1.77. The van der Waals surface area contributed by atoms with Gasteiger partial charge in [-0.1, -0.05) is 55.5 Å². The summed E-state index contributed by atoms with van der Waals surface area (Å²) < 4.78 is 1.02. The van der Waals surface area contributed by atoms with Crippen molar-refractivity contribution in [2.75, 3.05) is 5.32 Å². The lowest BCUT2D eigenvalue weighted by Gasteiger charge is -2.21. The average Bonchev–Trinajstić information content (AvgIpc) is 3.03. The van der Waals surface area contributed by atoms with Crippen molar-refractivity contribution in [3.8, 4) is 0 Å². The number of nitrogens with one attached hydrogen (secondary N) is 2. The highest BCUT2D eigenvalue weighted by molar-refractivity contribution is 7.22. The standard InChI is InChI=1S/C21H23N3O2S/c1-12(2)17(22-19(25)15-10-6-5-8-13(15)3)20(26)24-21-23-18-14(4)9-7-11-16(18)27-21/h5-12,17H,1-4H3,(H,22,25)(H,23,24,26)/t17-/m0/s1. The summed E-state index contributed by atoms with van der Waals surface area (Å²) in [5.74, 6) is -0.570. The van der Waals surface area contributed by atoms with E-state index in [9.17, 15) is 9.59 Å². The van der Waals surface area contributed by atoms with Crippen LogP contribution in [0.15, 0.2) is 42.5 Å². The second-order valence-corrected chi connectivity index (χ2v) is 7.97. The van der Waals surface area contributed by atoms with Crippen LogP contribution < -0.4 is 10.6 Å². The van der Waals surface area contributed by atoms with Gasteiger partial charge in [-0.05, 0) is 43.0 Å². The number of anilines is 1. The summed E-state index contributed by atoms with van der Waals surface area (Å²) in [6.07, 6.45) is 0. The number of carbonyl (C=O) groups excluding carboxylic acids is 2. The topological polar surface area (TPSA) is 71.1 Å². The highest BCUT2D eigenvalue weighted by Crippen LogP contribution is 2.28. The van der Waals surface area contributed by atoms with Crippen molar-refractivity contribution in [2.24, 2.45) is 5.92 Å². The Bertz CT molecular complexity index is 994. The van der Waals surface area contributed by atoms with Gasteiger partial charge in [-0.3, -0.25) is 9.59 Å². The molecular weight excluding hydrogens is 358 g/mol. The number of aromatic nitrogens is 1. The van der Waals surface area contributed by atoms with Crippen molar-refractivity contribution >= 4 is 38.5 Å². The molecule has 0 aliphatic rings. The molecule has 1 aromatic heterocycles. The van der Waals surface area contributed by atoms with Crippen LogP contribution in [0.25, 0.3) is 10.2 Å². The fourth-order valence-electron chi connectivity index (χ4n) is 2.90. The zero-order valence-corrected chi connectivity index (χ0v) is 16.7. The molecule has 27 heavy (non-hydrogen) atoms. The minimum absolute atomic E-state index is 0.0610. The Morgan fingerprint density at radius 3 is 2.37 bits per heavy atom. The van der Waals surface area contributed by atoms with E-state index in [0.717, 1.165) is 21.3 Å². The number of benzene rings is 2. The number of fused-ring (bicyclic) bond motifs is 1. The summed E-state index contributed by atoms with van der Waals surface area (Å²) in [5.41, 5.74) is 3.41. The number of rotatable bonds is 5. The highest BCUT2D eigenvalue weighted by Gasteiger charge is 2.26. The molecule has 140 valence electrons. The van der Waals surface area contributed by atoms with Crippen LogP contribution >= 0.6 is 11.3 Å². The Labute approximate surface area is 162 Å². The number of aryl methyl sites for hydroxylation is 2. The summed E-state index contributed by atoms with van der Waals surface area (Å²) >= 11 is 1.43. The van der Waals surface area contributed by atoms with Crippen molar-refractivity contribution in [1.29, 1.82) is 0 Å². The van der Waals surface area contributed by atoms with E-state index in [2.05, 4.69) is 15.6 Å². The maximum Gasteiger partial charge on any atom is 0.252 e. The van der Waals surface area contributed by atoms with E-state index in [0.29, 0.717) is 10.7 Å². The Morgan fingerprint density at radius 2 is 1.70 bits per heavy atom. The van der Waals surface area contributed by atoms with Crippen LogP contribution in [-0.2, 0) is 4.79 Å². The minimum atomic E-state index is -0.648. The average molecular weight is 382 g/mol. The van der Waals surface area contributed by atoms with Gasteiger partial charge in [-0.15, -0.1) is 0 Å². The number of nitrogens with zero attached hydrogens (tertiary/aromatic N) is 1. The Hall–Kier alpha value is -2.73. The summed E-state index contributed by atoms with van der Waals surface area (Å²) in [6.45, 7) is 7.69. The van der Waals surface area contributed by atoms with E-state index >= 15 is 0 Å². The fraction of sp³-hybridized carbons (Fsp3) is 0.286. The molecule has 0 bridgehead atoms. The largest absolute Gasteiger partial charge is 0.340 e. The highest BCUT2D eigenvalue weighted by atomic mass is 32.1. The molecular formula is C21H23N3O2S. The van der Waals surface area contributed by atoms with E-state index in [1.165, 1.54) is 11.3 Å². The molecule has 2 amide bonds. The van der Waals surface area contributed by atoms with Crippen molar-refractivity contribution < 1.29 is 9.59 Å². The molecule has 0 aliphatic carbocycles. The number of hydrogen-bond acceptors (Lipinski definition) is 4. The van der Waals surface area contributed by atoms with Crippen LogP contribution in [0, 0.1) is 19.8 Å². The van der Waals surface area contributed by atoms with Gasteiger partial charge in [-0.25, -0.2) is 4.98 Å². The molecule has 1 heterocycles. The predicted octanol–water partition coefficient (Wildman–Crippen LogP) is 4.31. The summed E-state index contributed by atoms with van der Waals surface area (Å²) in [5, 5.41) is 6.27. The number of carbonyl (C=O) groups is 2. The minimum Gasteiger partial charge on any atom is -0.340 e. The van der Waals surface area contributed by atoms with Crippen LogP contribution in [0.4, 0.5) is 5.13 Å². The first-order valence-electron chi connectivity index (χ1n) is 8.90. The van der Waals surface area contributed by atoms with Crippen molar-refractivity contribution in [2.45, 2.75) is 33.7 Å². The lowest BCUT2D eigenvalue weighted by molar-refractivity contribution is -0.118. The van der Waals surface area contributed by atoms with Crippen molar-refractivity contribution in [3.05, 3.63) is 59.2 Å². The lowest BCUT2D eigenvalue weighted by atomic mass is 10.0. The number of amides is 2.